The Hall–Kier alpha value is -3.29. The Kier molecular flexibility index (Phi) is 5.00. The Morgan fingerprint density at radius 3 is 2.72 bits per heavy atom. The molecule has 1 aliphatic rings. The van der Waals surface area contributed by atoms with Gasteiger partial charge in [0.25, 0.3) is 5.91 Å². The Morgan fingerprint density at radius 2 is 1.97 bits per heavy atom. The van der Waals surface area contributed by atoms with Gasteiger partial charge in [0.2, 0.25) is 5.82 Å². The summed E-state index contributed by atoms with van der Waals surface area (Å²) in [4.78, 5) is 17.3. The molecule has 0 spiro atoms. The highest BCUT2D eigenvalue weighted by molar-refractivity contribution is 6.06. The molecule has 1 N–H and O–H groups in total. The lowest BCUT2D eigenvalue weighted by Gasteiger charge is -2.12. The van der Waals surface area contributed by atoms with Crippen LogP contribution in [0.15, 0.2) is 36.5 Å². The SMILES string of the molecule is COc1c(F)c(F)cc(C(=O)Nc2ccccc2-c2cn3c(n2)CCCC3)c1F. The fourth-order valence-corrected chi connectivity index (χ4v) is 3.47. The standard InChI is InChI=1S/C21H18F3N3O2/c1-29-20-18(23)13(10-14(22)19(20)24)21(28)26-15-7-3-2-6-12(15)16-11-27-9-5-4-8-17(27)25-16/h2-3,6-7,10-11H,4-5,8-9H2,1H3,(H,26,28). The lowest BCUT2D eigenvalue weighted by atomic mass is 10.1. The molecule has 0 saturated heterocycles. The number of nitrogens with one attached hydrogen (secondary N) is 1. The Labute approximate surface area is 165 Å². The van der Waals surface area contributed by atoms with Gasteiger partial charge in [0.05, 0.1) is 24.1 Å². The summed E-state index contributed by atoms with van der Waals surface area (Å²) in [5, 5.41) is 2.57. The third-order valence-electron chi connectivity index (χ3n) is 4.92. The van der Waals surface area contributed by atoms with E-state index in [1.54, 1.807) is 24.3 Å². The summed E-state index contributed by atoms with van der Waals surface area (Å²) in [6.45, 7) is 0.886. The first-order valence-corrected chi connectivity index (χ1v) is 9.18. The summed E-state index contributed by atoms with van der Waals surface area (Å²) in [6.07, 6.45) is 4.96. The Bertz CT molecular complexity index is 1070. The minimum absolute atomic E-state index is 0.385. The average Bonchev–Trinajstić information content (AvgIpc) is 3.15. The molecular weight excluding hydrogens is 383 g/mol. The van der Waals surface area contributed by atoms with Crippen LogP contribution in [0.1, 0.15) is 29.0 Å². The summed E-state index contributed by atoms with van der Waals surface area (Å²) >= 11 is 0. The van der Waals surface area contributed by atoms with Gasteiger partial charge in [-0.1, -0.05) is 18.2 Å². The van der Waals surface area contributed by atoms with E-state index in [1.807, 2.05) is 6.20 Å². The van der Waals surface area contributed by atoms with Gasteiger partial charge in [-0.25, -0.2) is 13.8 Å². The third-order valence-corrected chi connectivity index (χ3v) is 4.92. The van der Waals surface area contributed by atoms with Gasteiger partial charge < -0.3 is 14.6 Å². The molecule has 29 heavy (non-hydrogen) atoms. The molecule has 0 radical (unpaired) electrons. The molecule has 1 amide bonds. The van der Waals surface area contributed by atoms with Crippen LogP contribution in [-0.2, 0) is 13.0 Å². The van der Waals surface area contributed by atoms with Crippen molar-refractivity contribution in [3.63, 3.8) is 0 Å². The highest BCUT2D eigenvalue weighted by Crippen LogP contribution is 2.31. The van der Waals surface area contributed by atoms with Crippen LogP contribution in [0.3, 0.4) is 0 Å². The van der Waals surface area contributed by atoms with Gasteiger partial charge >= 0.3 is 0 Å². The highest BCUT2D eigenvalue weighted by Gasteiger charge is 2.24. The number of carbonyl (C=O) groups is 1. The van der Waals surface area contributed by atoms with Crippen molar-refractivity contribution in [3.05, 3.63) is 65.4 Å². The second kappa shape index (κ2) is 7.62. The van der Waals surface area contributed by atoms with E-state index >= 15 is 0 Å². The molecule has 0 atom stereocenters. The van der Waals surface area contributed by atoms with E-state index in [1.165, 1.54) is 0 Å². The first kappa shape index (κ1) is 19.0. The van der Waals surface area contributed by atoms with Gasteiger partial charge in [-0.05, 0) is 25.0 Å². The molecule has 0 aliphatic carbocycles. The van der Waals surface area contributed by atoms with Crippen LogP contribution in [0, 0.1) is 17.5 Å². The number of aryl methyl sites for hydroxylation is 2. The number of aromatic nitrogens is 2. The van der Waals surface area contributed by atoms with Gasteiger partial charge in [-0.3, -0.25) is 4.79 Å². The number of imidazole rings is 1. The van der Waals surface area contributed by atoms with Crippen molar-refractivity contribution in [3.8, 4) is 17.0 Å². The van der Waals surface area contributed by atoms with Gasteiger partial charge in [0.1, 0.15) is 5.82 Å². The van der Waals surface area contributed by atoms with Crippen molar-refractivity contribution in [2.24, 2.45) is 0 Å². The van der Waals surface area contributed by atoms with Crippen LogP contribution in [0.5, 0.6) is 5.75 Å². The lowest BCUT2D eigenvalue weighted by Crippen LogP contribution is -2.16. The molecule has 1 aromatic heterocycles. The van der Waals surface area contributed by atoms with E-state index in [4.69, 9.17) is 0 Å². The van der Waals surface area contributed by atoms with Crippen LogP contribution in [-0.4, -0.2) is 22.6 Å². The van der Waals surface area contributed by atoms with Crippen molar-refractivity contribution in [1.82, 2.24) is 9.55 Å². The van der Waals surface area contributed by atoms with Crippen molar-refractivity contribution >= 4 is 11.6 Å². The quantitative estimate of drug-likeness (QED) is 0.652. The number of methoxy groups -OCH3 is 1. The summed E-state index contributed by atoms with van der Waals surface area (Å²) < 4.78 is 48.5. The van der Waals surface area contributed by atoms with E-state index in [0.29, 0.717) is 23.0 Å². The monoisotopic (exact) mass is 401 g/mol. The molecule has 0 unspecified atom stereocenters. The van der Waals surface area contributed by atoms with Gasteiger partial charge in [-0.2, -0.15) is 4.39 Å². The predicted octanol–water partition coefficient (Wildman–Crippen LogP) is 4.56. The van der Waals surface area contributed by atoms with Gasteiger partial charge in [0.15, 0.2) is 17.4 Å². The van der Waals surface area contributed by atoms with Crippen LogP contribution >= 0.6 is 0 Å². The number of amides is 1. The Balaban J connectivity index is 1.69. The number of halogens is 3. The molecule has 0 fully saturated rings. The molecular formula is C21H18F3N3O2. The molecule has 5 nitrogen and oxygen atoms in total. The van der Waals surface area contributed by atoms with Crippen molar-refractivity contribution < 1.29 is 22.7 Å². The van der Waals surface area contributed by atoms with E-state index in [2.05, 4.69) is 19.6 Å². The molecule has 3 aromatic rings. The number of hydrogen-bond donors (Lipinski definition) is 1. The molecule has 150 valence electrons. The van der Waals surface area contributed by atoms with Gasteiger partial charge in [0, 0.05) is 24.7 Å². The zero-order valence-electron chi connectivity index (χ0n) is 15.6. The summed E-state index contributed by atoms with van der Waals surface area (Å²) in [5.74, 6) is -5.00. The zero-order chi connectivity index (χ0) is 20.5. The molecule has 0 saturated carbocycles. The number of anilines is 1. The third kappa shape index (κ3) is 3.46. The zero-order valence-corrected chi connectivity index (χ0v) is 15.6. The Morgan fingerprint density at radius 1 is 1.17 bits per heavy atom. The molecule has 2 heterocycles. The molecule has 4 rings (SSSR count). The lowest BCUT2D eigenvalue weighted by molar-refractivity contribution is 0.102. The number of nitrogens with zero attached hydrogens (tertiary/aromatic N) is 2. The summed E-state index contributed by atoms with van der Waals surface area (Å²) in [6, 6.07) is 7.44. The van der Waals surface area contributed by atoms with Gasteiger partial charge in [-0.15, -0.1) is 0 Å². The summed E-state index contributed by atoms with van der Waals surface area (Å²) in [5.41, 5.74) is 1.06. The number of rotatable bonds is 4. The summed E-state index contributed by atoms with van der Waals surface area (Å²) in [7, 11) is 0.998. The average molecular weight is 401 g/mol. The minimum atomic E-state index is -1.48. The number of carbonyl (C=O) groups excluding carboxylic acids is 1. The van der Waals surface area contributed by atoms with Crippen LogP contribution in [0.25, 0.3) is 11.3 Å². The maximum absolute atomic E-state index is 14.4. The van der Waals surface area contributed by atoms with Crippen LogP contribution in [0.2, 0.25) is 0 Å². The number of benzene rings is 2. The topological polar surface area (TPSA) is 56.1 Å². The molecule has 2 aromatic carbocycles. The molecule has 0 bridgehead atoms. The first-order valence-electron chi connectivity index (χ1n) is 9.18. The number of ether oxygens (including phenoxy) is 1. The fraction of sp³-hybridized carbons (Fsp3) is 0.238. The fourth-order valence-electron chi connectivity index (χ4n) is 3.47. The van der Waals surface area contributed by atoms with Crippen molar-refractivity contribution in [2.75, 3.05) is 12.4 Å². The second-order valence-electron chi connectivity index (χ2n) is 6.76. The van der Waals surface area contributed by atoms with E-state index in [0.717, 1.165) is 38.7 Å². The van der Waals surface area contributed by atoms with Crippen molar-refractivity contribution in [1.29, 1.82) is 0 Å². The number of para-hydroxylation sites is 1. The van der Waals surface area contributed by atoms with Crippen molar-refractivity contribution in [2.45, 2.75) is 25.8 Å². The van der Waals surface area contributed by atoms with Crippen LogP contribution < -0.4 is 10.1 Å². The van der Waals surface area contributed by atoms with E-state index < -0.39 is 34.7 Å². The smallest absolute Gasteiger partial charge is 0.258 e. The second-order valence-corrected chi connectivity index (χ2v) is 6.76. The van der Waals surface area contributed by atoms with E-state index in [9.17, 15) is 18.0 Å². The normalized spacial score (nSPS) is 13.1. The largest absolute Gasteiger partial charge is 0.491 e. The predicted molar refractivity (Wildman–Crippen MR) is 101 cm³/mol. The molecule has 8 heteroatoms. The first-order chi connectivity index (χ1) is 14.0. The number of hydrogen-bond acceptors (Lipinski definition) is 3. The van der Waals surface area contributed by atoms with E-state index in [-0.39, 0.29) is 0 Å². The highest BCUT2D eigenvalue weighted by atomic mass is 19.2. The minimum Gasteiger partial charge on any atom is -0.491 e. The van der Waals surface area contributed by atoms with Crippen LogP contribution in [0.4, 0.5) is 18.9 Å². The molecule has 1 aliphatic heterocycles. The number of fused-ring (bicyclic) bond motifs is 1. The maximum atomic E-state index is 14.4. The maximum Gasteiger partial charge on any atom is 0.258 e.